The van der Waals surface area contributed by atoms with Gasteiger partial charge in [-0.3, -0.25) is 0 Å². The topological polar surface area (TPSA) is 29.3 Å². The summed E-state index contributed by atoms with van der Waals surface area (Å²) in [5.41, 5.74) is 7.91. The quantitative estimate of drug-likeness (QED) is 0.502. The third kappa shape index (κ3) is 0.717. The molecule has 0 aromatic rings. The molecule has 0 saturated carbocycles. The zero-order valence-corrected chi connectivity index (χ0v) is 5.78. The van der Waals surface area contributed by atoms with Crippen LogP contribution in [0.1, 0.15) is 6.92 Å². The third-order valence-electron chi connectivity index (χ3n) is 1.49. The van der Waals surface area contributed by atoms with Crippen molar-refractivity contribution in [1.29, 1.82) is 0 Å². The molecule has 1 aliphatic rings. The normalized spacial score (nSPS) is 19.1. The molecule has 0 fully saturated rings. The lowest BCUT2D eigenvalue weighted by atomic mass is 10.1. The van der Waals surface area contributed by atoms with E-state index in [0.717, 1.165) is 6.54 Å². The molecular formula is C5H10N2S. The van der Waals surface area contributed by atoms with Gasteiger partial charge in [-0.2, -0.15) is 0 Å². The summed E-state index contributed by atoms with van der Waals surface area (Å²) in [5, 5.41) is 0. The number of nitrogens with two attached hydrogens (primary N) is 1. The van der Waals surface area contributed by atoms with Crippen LogP contribution in [0.4, 0.5) is 0 Å². The number of hydrogen-bond donors (Lipinski definition) is 2. The summed E-state index contributed by atoms with van der Waals surface area (Å²) in [7, 11) is 0. The maximum absolute atomic E-state index is 5.37. The molecule has 2 N–H and O–H groups in total. The van der Waals surface area contributed by atoms with E-state index in [-0.39, 0.29) is 0 Å². The van der Waals surface area contributed by atoms with E-state index in [2.05, 4.69) is 12.8 Å². The summed E-state index contributed by atoms with van der Waals surface area (Å²) in [5.74, 6) is 0. The summed E-state index contributed by atoms with van der Waals surface area (Å²) >= 11 is 4.11. The standard InChI is InChI=1S/C5H10N2S/c1-4-5(2-6)3-7(4)8/h8H,2-3,6H2,1H3. The number of nitrogens with zero attached hydrogens (tertiary/aromatic N) is 1. The molecule has 0 amide bonds. The van der Waals surface area contributed by atoms with Crippen LogP contribution >= 0.6 is 12.8 Å². The Labute approximate surface area is 54.9 Å². The van der Waals surface area contributed by atoms with Crippen molar-refractivity contribution in [3.63, 3.8) is 0 Å². The fourth-order valence-corrected chi connectivity index (χ4v) is 1.03. The van der Waals surface area contributed by atoms with Crippen molar-refractivity contribution in [2.75, 3.05) is 13.1 Å². The van der Waals surface area contributed by atoms with Crippen LogP contribution in [0, 0.1) is 0 Å². The van der Waals surface area contributed by atoms with Crippen LogP contribution in [-0.4, -0.2) is 17.4 Å². The highest BCUT2D eigenvalue weighted by atomic mass is 32.1. The number of allylic oxidation sites excluding steroid dienone is 1. The summed E-state index contributed by atoms with van der Waals surface area (Å²) in [6, 6.07) is 0. The Bertz CT molecular complexity index is 130. The average molecular weight is 130 g/mol. The Morgan fingerprint density at radius 2 is 2.50 bits per heavy atom. The van der Waals surface area contributed by atoms with E-state index in [1.807, 2.05) is 11.2 Å². The Morgan fingerprint density at radius 1 is 1.88 bits per heavy atom. The first-order valence-corrected chi connectivity index (χ1v) is 3.01. The highest BCUT2D eigenvalue weighted by Gasteiger charge is 2.17. The minimum absolute atomic E-state index is 0.683. The van der Waals surface area contributed by atoms with Gasteiger partial charge in [-0.25, -0.2) is 0 Å². The molecule has 1 rings (SSSR count). The molecule has 0 spiro atoms. The lowest BCUT2D eigenvalue weighted by molar-refractivity contribution is 0.531. The van der Waals surface area contributed by atoms with Crippen LogP contribution in [0.3, 0.4) is 0 Å². The molecule has 0 atom stereocenters. The van der Waals surface area contributed by atoms with Crippen LogP contribution in [0.2, 0.25) is 0 Å². The molecule has 1 aliphatic heterocycles. The molecule has 2 nitrogen and oxygen atoms in total. The Balaban J connectivity index is 2.58. The van der Waals surface area contributed by atoms with Crippen molar-refractivity contribution >= 4 is 12.8 Å². The zero-order valence-electron chi connectivity index (χ0n) is 4.89. The first-order chi connectivity index (χ1) is 3.75. The maximum atomic E-state index is 5.37. The van der Waals surface area contributed by atoms with Gasteiger partial charge in [0, 0.05) is 12.2 Å². The average Bonchev–Trinajstić information content (AvgIpc) is 1.81. The molecule has 0 saturated heterocycles. The number of thiol groups is 1. The molecule has 1 heterocycles. The van der Waals surface area contributed by atoms with Gasteiger partial charge in [-0.05, 0) is 12.5 Å². The van der Waals surface area contributed by atoms with E-state index in [1.54, 1.807) is 0 Å². The van der Waals surface area contributed by atoms with E-state index in [0.29, 0.717) is 6.54 Å². The van der Waals surface area contributed by atoms with E-state index < -0.39 is 0 Å². The molecule has 8 heavy (non-hydrogen) atoms. The van der Waals surface area contributed by atoms with E-state index in [4.69, 9.17) is 5.73 Å². The molecule has 0 aliphatic carbocycles. The fraction of sp³-hybridized carbons (Fsp3) is 0.600. The summed E-state index contributed by atoms with van der Waals surface area (Å²) in [6.45, 7) is 3.65. The van der Waals surface area contributed by atoms with Crippen molar-refractivity contribution < 1.29 is 0 Å². The van der Waals surface area contributed by atoms with Crippen LogP contribution in [-0.2, 0) is 0 Å². The first-order valence-electron chi connectivity index (χ1n) is 2.61. The Hall–Kier alpha value is -0.150. The van der Waals surface area contributed by atoms with Gasteiger partial charge in [0.05, 0.1) is 6.54 Å². The first kappa shape index (κ1) is 5.98. The minimum Gasteiger partial charge on any atom is -0.327 e. The number of hydrogen-bond acceptors (Lipinski definition) is 3. The molecule has 0 unspecified atom stereocenters. The van der Waals surface area contributed by atoms with Crippen LogP contribution in [0.15, 0.2) is 11.3 Å². The molecule has 0 radical (unpaired) electrons. The second kappa shape index (κ2) is 1.99. The van der Waals surface area contributed by atoms with Crippen molar-refractivity contribution in [3.05, 3.63) is 11.3 Å². The van der Waals surface area contributed by atoms with E-state index in [1.165, 1.54) is 11.3 Å². The van der Waals surface area contributed by atoms with Crippen LogP contribution in [0.25, 0.3) is 0 Å². The number of rotatable bonds is 1. The lowest BCUT2D eigenvalue weighted by Crippen LogP contribution is -2.30. The largest absolute Gasteiger partial charge is 0.327 e. The monoisotopic (exact) mass is 130 g/mol. The molecule has 0 aromatic carbocycles. The van der Waals surface area contributed by atoms with Crippen molar-refractivity contribution in [2.24, 2.45) is 5.73 Å². The Morgan fingerprint density at radius 3 is 2.62 bits per heavy atom. The van der Waals surface area contributed by atoms with Crippen LogP contribution in [0.5, 0.6) is 0 Å². The molecule has 0 bridgehead atoms. The van der Waals surface area contributed by atoms with Crippen LogP contribution < -0.4 is 5.73 Å². The highest BCUT2D eigenvalue weighted by Crippen LogP contribution is 2.22. The van der Waals surface area contributed by atoms with Gasteiger partial charge in [-0.1, -0.05) is 12.8 Å². The molecule has 46 valence electrons. The summed E-state index contributed by atoms with van der Waals surface area (Å²) in [6.07, 6.45) is 0. The van der Waals surface area contributed by atoms with Gasteiger partial charge in [-0.15, -0.1) is 0 Å². The fourth-order valence-electron chi connectivity index (χ4n) is 0.717. The Kier molecular flexibility index (Phi) is 1.49. The van der Waals surface area contributed by atoms with Gasteiger partial charge in [0.25, 0.3) is 0 Å². The molecular weight excluding hydrogens is 120 g/mol. The summed E-state index contributed by atoms with van der Waals surface area (Å²) < 4.78 is 1.89. The minimum atomic E-state index is 0.683. The highest BCUT2D eigenvalue weighted by molar-refractivity contribution is 7.77. The zero-order chi connectivity index (χ0) is 6.15. The van der Waals surface area contributed by atoms with Crippen molar-refractivity contribution in [1.82, 2.24) is 4.31 Å². The lowest BCUT2D eigenvalue weighted by Gasteiger charge is -2.31. The van der Waals surface area contributed by atoms with Crippen molar-refractivity contribution in [2.45, 2.75) is 6.92 Å². The second-order valence-corrected chi connectivity index (χ2v) is 2.43. The predicted molar refractivity (Wildman–Crippen MR) is 37.4 cm³/mol. The SMILES string of the molecule is CC1=C(CN)CN1S. The van der Waals surface area contributed by atoms with Gasteiger partial charge >= 0.3 is 0 Å². The van der Waals surface area contributed by atoms with Crippen molar-refractivity contribution in [3.8, 4) is 0 Å². The maximum Gasteiger partial charge on any atom is 0.0532 e. The van der Waals surface area contributed by atoms with Gasteiger partial charge in [0.1, 0.15) is 0 Å². The van der Waals surface area contributed by atoms with Gasteiger partial charge < -0.3 is 10.0 Å². The predicted octanol–water partition coefficient (Wildman–Crippen LogP) is 0.380. The third-order valence-corrected chi connectivity index (χ3v) is 1.93. The van der Waals surface area contributed by atoms with Gasteiger partial charge in [0.15, 0.2) is 0 Å². The summed E-state index contributed by atoms with van der Waals surface area (Å²) in [4.78, 5) is 0. The second-order valence-electron chi connectivity index (χ2n) is 1.95. The molecule has 3 heteroatoms. The van der Waals surface area contributed by atoms with Gasteiger partial charge in [0.2, 0.25) is 0 Å². The molecule has 0 aromatic heterocycles. The van der Waals surface area contributed by atoms with E-state index >= 15 is 0 Å². The van der Waals surface area contributed by atoms with E-state index in [9.17, 15) is 0 Å². The smallest absolute Gasteiger partial charge is 0.0532 e.